The molecule has 0 unspecified atom stereocenters. The lowest BCUT2D eigenvalue weighted by atomic mass is 9.97. The van der Waals surface area contributed by atoms with E-state index in [1.165, 1.54) is 11.1 Å². The van der Waals surface area contributed by atoms with E-state index in [0.29, 0.717) is 12.6 Å². The molecule has 0 bridgehead atoms. The second-order valence-corrected chi connectivity index (χ2v) is 7.15. The van der Waals surface area contributed by atoms with Crippen LogP contribution in [0, 0.1) is 0 Å². The van der Waals surface area contributed by atoms with Gasteiger partial charge in [-0.25, -0.2) is 0 Å². The SMILES string of the molecule is C=C(C)C[C@@H](c1ccc(OCc2ccccc2)c(OC)c1)N1CCNCC1.Cl.Cl. The number of hydrogen-bond acceptors (Lipinski definition) is 4. The first kappa shape index (κ1) is 25.3. The maximum absolute atomic E-state index is 6.01. The van der Waals surface area contributed by atoms with Crippen molar-refractivity contribution in [2.24, 2.45) is 0 Å². The van der Waals surface area contributed by atoms with Crippen molar-refractivity contribution in [1.29, 1.82) is 0 Å². The quantitative estimate of drug-likeness (QED) is 0.585. The third-order valence-corrected chi connectivity index (χ3v) is 4.94. The molecule has 1 N–H and O–H groups in total. The summed E-state index contributed by atoms with van der Waals surface area (Å²) in [6.07, 6.45) is 0.952. The summed E-state index contributed by atoms with van der Waals surface area (Å²) in [5.74, 6) is 1.56. The molecule has 160 valence electrons. The Morgan fingerprint density at radius 2 is 1.76 bits per heavy atom. The van der Waals surface area contributed by atoms with Crippen LogP contribution in [-0.2, 0) is 6.61 Å². The standard InChI is InChI=1S/C23H30N2O2.2ClH/c1-18(2)15-21(25-13-11-24-12-14-25)20-9-10-22(23(16-20)26-3)27-17-19-7-5-4-6-8-19;;/h4-10,16,21,24H,1,11-15,17H2,2-3H3;2*1H/t21-;;/m0../s1. The van der Waals surface area contributed by atoms with Gasteiger partial charge in [0.05, 0.1) is 7.11 Å². The number of methoxy groups -OCH3 is 1. The molecule has 0 saturated carbocycles. The van der Waals surface area contributed by atoms with Gasteiger partial charge < -0.3 is 14.8 Å². The zero-order valence-corrected chi connectivity index (χ0v) is 18.9. The average molecular weight is 439 g/mol. The Bertz CT molecular complexity index is 750. The summed E-state index contributed by atoms with van der Waals surface area (Å²) in [6.45, 7) is 10.9. The minimum atomic E-state index is 0. The molecule has 1 aliphatic heterocycles. The second kappa shape index (κ2) is 12.8. The van der Waals surface area contributed by atoms with Crippen LogP contribution in [0.5, 0.6) is 11.5 Å². The first-order valence-electron chi connectivity index (χ1n) is 9.61. The number of benzene rings is 2. The van der Waals surface area contributed by atoms with Crippen LogP contribution in [0.4, 0.5) is 0 Å². The highest BCUT2D eigenvalue weighted by Crippen LogP contribution is 2.35. The van der Waals surface area contributed by atoms with E-state index < -0.39 is 0 Å². The Labute approximate surface area is 187 Å². The van der Waals surface area contributed by atoms with Crippen LogP contribution >= 0.6 is 24.8 Å². The summed E-state index contributed by atoms with van der Waals surface area (Å²) in [5.41, 5.74) is 3.59. The van der Waals surface area contributed by atoms with Crippen LogP contribution in [0.25, 0.3) is 0 Å². The van der Waals surface area contributed by atoms with Gasteiger partial charge in [-0.05, 0) is 36.6 Å². The lowest BCUT2D eigenvalue weighted by Crippen LogP contribution is -2.45. The predicted molar refractivity (Wildman–Crippen MR) is 125 cm³/mol. The van der Waals surface area contributed by atoms with Gasteiger partial charge in [-0.3, -0.25) is 4.90 Å². The van der Waals surface area contributed by atoms with Crippen LogP contribution in [0.15, 0.2) is 60.7 Å². The second-order valence-electron chi connectivity index (χ2n) is 7.15. The van der Waals surface area contributed by atoms with Crippen LogP contribution in [0.1, 0.15) is 30.5 Å². The van der Waals surface area contributed by atoms with Gasteiger partial charge in [0.2, 0.25) is 0 Å². The number of nitrogens with one attached hydrogen (secondary N) is 1. The van der Waals surface area contributed by atoms with Crippen molar-refractivity contribution in [2.45, 2.75) is 26.0 Å². The summed E-state index contributed by atoms with van der Waals surface area (Å²) in [7, 11) is 1.70. The van der Waals surface area contributed by atoms with Gasteiger partial charge in [0.1, 0.15) is 6.61 Å². The molecule has 1 saturated heterocycles. The highest BCUT2D eigenvalue weighted by atomic mass is 35.5. The smallest absolute Gasteiger partial charge is 0.161 e. The first-order chi connectivity index (χ1) is 13.2. The molecule has 0 aromatic heterocycles. The van der Waals surface area contributed by atoms with Crippen molar-refractivity contribution in [3.05, 3.63) is 71.8 Å². The van der Waals surface area contributed by atoms with E-state index >= 15 is 0 Å². The molecular formula is C23H32Cl2N2O2. The van der Waals surface area contributed by atoms with Crippen LogP contribution in [0.3, 0.4) is 0 Å². The van der Waals surface area contributed by atoms with Gasteiger partial charge in [-0.2, -0.15) is 0 Å². The van der Waals surface area contributed by atoms with Crippen molar-refractivity contribution < 1.29 is 9.47 Å². The number of halogens is 2. The molecule has 3 rings (SSSR count). The molecule has 1 heterocycles. The predicted octanol–water partition coefficient (Wildman–Crippen LogP) is 5.03. The summed E-state index contributed by atoms with van der Waals surface area (Å²) >= 11 is 0. The van der Waals surface area contributed by atoms with Crippen LogP contribution in [0.2, 0.25) is 0 Å². The Balaban J connectivity index is 0.00000210. The molecule has 0 amide bonds. The Hall–Kier alpha value is -1.72. The van der Waals surface area contributed by atoms with Gasteiger partial charge in [0.15, 0.2) is 11.5 Å². The van der Waals surface area contributed by atoms with E-state index in [9.17, 15) is 0 Å². The molecule has 1 aliphatic rings. The monoisotopic (exact) mass is 438 g/mol. The molecule has 6 heteroatoms. The fourth-order valence-corrected chi connectivity index (χ4v) is 3.53. The van der Waals surface area contributed by atoms with Crippen molar-refractivity contribution in [2.75, 3.05) is 33.3 Å². The van der Waals surface area contributed by atoms with E-state index in [4.69, 9.17) is 9.47 Å². The largest absolute Gasteiger partial charge is 0.493 e. The Morgan fingerprint density at radius 1 is 1.07 bits per heavy atom. The average Bonchev–Trinajstić information content (AvgIpc) is 2.71. The van der Waals surface area contributed by atoms with Crippen LogP contribution in [-0.4, -0.2) is 38.2 Å². The van der Waals surface area contributed by atoms with E-state index in [1.807, 2.05) is 24.3 Å². The van der Waals surface area contributed by atoms with Crippen molar-refractivity contribution >= 4 is 24.8 Å². The summed E-state index contributed by atoms with van der Waals surface area (Å²) < 4.78 is 11.6. The lowest BCUT2D eigenvalue weighted by Gasteiger charge is -2.35. The van der Waals surface area contributed by atoms with Crippen LogP contribution < -0.4 is 14.8 Å². The fourth-order valence-electron chi connectivity index (χ4n) is 3.53. The third-order valence-electron chi connectivity index (χ3n) is 4.94. The van der Waals surface area contributed by atoms with Gasteiger partial charge in [0, 0.05) is 32.2 Å². The number of rotatable bonds is 8. The number of nitrogens with zero attached hydrogens (tertiary/aromatic N) is 1. The molecule has 0 aliphatic carbocycles. The summed E-state index contributed by atoms with van der Waals surface area (Å²) in [6, 6.07) is 16.8. The summed E-state index contributed by atoms with van der Waals surface area (Å²) in [4.78, 5) is 2.53. The molecule has 1 atom stereocenters. The van der Waals surface area contributed by atoms with E-state index in [0.717, 1.165) is 49.7 Å². The van der Waals surface area contributed by atoms with Gasteiger partial charge in [-0.1, -0.05) is 42.0 Å². The zero-order chi connectivity index (χ0) is 19.1. The molecule has 29 heavy (non-hydrogen) atoms. The van der Waals surface area contributed by atoms with Gasteiger partial charge >= 0.3 is 0 Å². The van der Waals surface area contributed by atoms with Crippen molar-refractivity contribution in [3.63, 3.8) is 0 Å². The topological polar surface area (TPSA) is 33.7 Å². The first-order valence-corrected chi connectivity index (χ1v) is 9.61. The number of hydrogen-bond donors (Lipinski definition) is 1. The molecule has 1 fully saturated rings. The van der Waals surface area contributed by atoms with E-state index in [2.05, 4.69) is 48.0 Å². The lowest BCUT2D eigenvalue weighted by molar-refractivity contribution is 0.172. The Kier molecular flexibility index (Phi) is 11.1. The Morgan fingerprint density at radius 3 is 2.38 bits per heavy atom. The molecule has 0 spiro atoms. The molecule has 2 aromatic carbocycles. The molecule has 2 aromatic rings. The zero-order valence-electron chi connectivity index (χ0n) is 17.2. The normalized spacial score (nSPS) is 14.8. The van der Waals surface area contributed by atoms with E-state index in [-0.39, 0.29) is 24.8 Å². The minimum Gasteiger partial charge on any atom is -0.493 e. The van der Waals surface area contributed by atoms with Crippen molar-refractivity contribution in [3.8, 4) is 11.5 Å². The summed E-state index contributed by atoms with van der Waals surface area (Å²) in [5, 5.41) is 3.43. The molecular weight excluding hydrogens is 407 g/mol. The molecule has 0 radical (unpaired) electrons. The van der Waals surface area contributed by atoms with E-state index in [1.54, 1.807) is 7.11 Å². The fraction of sp³-hybridized carbons (Fsp3) is 0.391. The maximum atomic E-state index is 6.01. The maximum Gasteiger partial charge on any atom is 0.161 e. The highest BCUT2D eigenvalue weighted by molar-refractivity contribution is 5.85. The van der Waals surface area contributed by atoms with Crippen molar-refractivity contribution in [1.82, 2.24) is 10.2 Å². The minimum absolute atomic E-state index is 0. The number of ether oxygens (including phenoxy) is 2. The van der Waals surface area contributed by atoms with Gasteiger partial charge in [0.25, 0.3) is 0 Å². The highest BCUT2D eigenvalue weighted by Gasteiger charge is 2.23. The van der Waals surface area contributed by atoms with Gasteiger partial charge in [-0.15, -0.1) is 31.4 Å². The number of piperazine rings is 1. The third kappa shape index (κ3) is 7.23. The molecule has 4 nitrogen and oxygen atoms in total.